The smallest absolute Gasteiger partial charge is 0.311 e. The molecule has 4 N–H and O–H groups in total. The molecule has 0 spiro atoms. The van der Waals surface area contributed by atoms with Crippen molar-refractivity contribution < 1.29 is 14.8 Å². The number of hydrogen-bond donors (Lipinski definition) is 3. The molecule has 0 unspecified atom stereocenters. The van der Waals surface area contributed by atoms with Crippen molar-refractivity contribution in [3.63, 3.8) is 0 Å². The number of nitrogens with two attached hydrogens (primary N) is 1. The second-order valence-corrected chi connectivity index (χ2v) is 4.44. The van der Waals surface area contributed by atoms with Crippen LogP contribution in [-0.2, 0) is 4.79 Å². The molecule has 1 heterocycles. The summed E-state index contributed by atoms with van der Waals surface area (Å²) < 4.78 is 0. The molecular weight excluding hydrogens is 240 g/mol. The molecule has 8 heteroatoms. The molecule has 0 bridgehead atoms. The fraction of sp³-hybridized carbons (Fsp3) is 0.400. The van der Waals surface area contributed by atoms with Crippen LogP contribution >= 0.6 is 0 Å². The van der Waals surface area contributed by atoms with Gasteiger partial charge < -0.3 is 16.2 Å². The highest BCUT2D eigenvalue weighted by Crippen LogP contribution is 2.23. The largest absolute Gasteiger partial charge is 0.481 e. The number of nitrogens with one attached hydrogen (secondary N) is 1. The van der Waals surface area contributed by atoms with Crippen LogP contribution < -0.4 is 11.1 Å². The van der Waals surface area contributed by atoms with Crippen LogP contribution in [0.4, 0.5) is 17.3 Å². The number of rotatable bonds is 5. The Balaban J connectivity index is 2.89. The maximum Gasteiger partial charge on any atom is 0.311 e. The van der Waals surface area contributed by atoms with E-state index in [4.69, 9.17) is 10.8 Å². The summed E-state index contributed by atoms with van der Waals surface area (Å²) in [7, 11) is 0. The zero-order chi connectivity index (χ0) is 13.9. The van der Waals surface area contributed by atoms with Crippen molar-refractivity contribution in [2.75, 3.05) is 11.1 Å². The van der Waals surface area contributed by atoms with Gasteiger partial charge in [-0.05, 0) is 19.9 Å². The van der Waals surface area contributed by atoms with Crippen LogP contribution in [0.25, 0.3) is 0 Å². The minimum Gasteiger partial charge on any atom is -0.481 e. The number of aromatic nitrogens is 1. The highest BCUT2D eigenvalue weighted by atomic mass is 16.6. The van der Waals surface area contributed by atoms with Gasteiger partial charge in [0.15, 0.2) is 0 Å². The lowest BCUT2D eigenvalue weighted by molar-refractivity contribution is -0.384. The van der Waals surface area contributed by atoms with Gasteiger partial charge in [-0.25, -0.2) is 4.98 Å². The minimum atomic E-state index is -0.956. The summed E-state index contributed by atoms with van der Waals surface area (Å²) in [5.74, 6) is -0.872. The Morgan fingerprint density at radius 2 is 2.22 bits per heavy atom. The second-order valence-electron chi connectivity index (χ2n) is 4.44. The number of carboxylic acid groups (broad SMARTS) is 1. The SMILES string of the molecule is CC(C)(CC(=O)O)Nc1ccc([N+](=O)[O-])c(N)n1. The first-order valence-electron chi connectivity index (χ1n) is 5.12. The first kappa shape index (κ1) is 13.7. The van der Waals surface area contributed by atoms with Crippen molar-refractivity contribution in [2.24, 2.45) is 0 Å². The zero-order valence-electron chi connectivity index (χ0n) is 10.0. The highest BCUT2D eigenvalue weighted by molar-refractivity contribution is 5.69. The third-order valence-electron chi connectivity index (χ3n) is 2.16. The molecule has 0 fully saturated rings. The number of hydrogen-bond acceptors (Lipinski definition) is 6. The Hall–Kier alpha value is -2.38. The number of anilines is 2. The molecule has 1 aromatic heterocycles. The molecule has 98 valence electrons. The maximum atomic E-state index is 10.6. The number of carboxylic acids is 1. The first-order valence-corrected chi connectivity index (χ1v) is 5.12. The third-order valence-corrected chi connectivity index (χ3v) is 2.16. The standard InChI is InChI=1S/C10H14N4O4/c1-10(2,5-8(15)16)13-7-4-3-6(14(17)18)9(11)12-7/h3-4H,5H2,1-2H3,(H,15,16)(H3,11,12,13). The Labute approximate surface area is 103 Å². The van der Waals surface area contributed by atoms with E-state index in [1.54, 1.807) is 13.8 Å². The molecule has 0 aliphatic rings. The van der Waals surface area contributed by atoms with Crippen LogP contribution in [0.1, 0.15) is 20.3 Å². The van der Waals surface area contributed by atoms with Crippen LogP contribution in [0.15, 0.2) is 12.1 Å². The van der Waals surface area contributed by atoms with E-state index in [0.717, 1.165) is 0 Å². The summed E-state index contributed by atoms with van der Waals surface area (Å²) >= 11 is 0. The molecule has 0 aliphatic carbocycles. The lowest BCUT2D eigenvalue weighted by Gasteiger charge is -2.24. The van der Waals surface area contributed by atoms with E-state index in [-0.39, 0.29) is 17.9 Å². The fourth-order valence-corrected chi connectivity index (χ4v) is 1.46. The predicted octanol–water partition coefficient (Wildman–Crippen LogP) is 1.24. The van der Waals surface area contributed by atoms with E-state index < -0.39 is 16.4 Å². The van der Waals surface area contributed by atoms with Gasteiger partial charge in [0.1, 0.15) is 5.82 Å². The van der Waals surface area contributed by atoms with Crippen LogP contribution in [0.5, 0.6) is 0 Å². The molecule has 8 nitrogen and oxygen atoms in total. The average molecular weight is 254 g/mol. The lowest BCUT2D eigenvalue weighted by atomic mass is 10.0. The Morgan fingerprint density at radius 3 is 2.67 bits per heavy atom. The van der Waals surface area contributed by atoms with Crippen LogP contribution in [-0.4, -0.2) is 26.5 Å². The summed E-state index contributed by atoms with van der Waals surface area (Å²) in [5.41, 5.74) is 4.42. The Bertz CT molecular complexity index is 487. The maximum absolute atomic E-state index is 10.6. The molecule has 18 heavy (non-hydrogen) atoms. The van der Waals surface area contributed by atoms with E-state index in [0.29, 0.717) is 5.82 Å². The Kier molecular flexibility index (Phi) is 3.70. The molecule has 0 saturated carbocycles. The quantitative estimate of drug-likeness (QED) is 0.531. The number of pyridine rings is 1. The van der Waals surface area contributed by atoms with E-state index in [1.165, 1.54) is 12.1 Å². The number of aliphatic carboxylic acids is 1. The fourth-order valence-electron chi connectivity index (χ4n) is 1.46. The predicted molar refractivity (Wildman–Crippen MR) is 65.3 cm³/mol. The van der Waals surface area contributed by atoms with E-state index >= 15 is 0 Å². The van der Waals surface area contributed by atoms with Crippen molar-refractivity contribution in [3.05, 3.63) is 22.2 Å². The molecule has 0 aliphatic heterocycles. The monoisotopic (exact) mass is 254 g/mol. The van der Waals surface area contributed by atoms with Gasteiger partial charge in [0, 0.05) is 11.6 Å². The number of nitrogen functional groups attached to an aromatic ring is 1. The highest BCUT2D eigenvalue weighted by Gasteiger charge is 2.23. The van der Waals surface area contributed by atoms with Crippen molar-refractivity contribution in [2.45, 2.75) is 25.8 Å². The molecule has 0 atom stereocenters. The first-order chi connectivity index (χ1) is 8.21. The molecular formula is C10H14N4O4. The van der Waals surface area contributed by atoms with Gasteiger partial charge in [0.05, 0.1) is 11.3 Å². The van der Waals surface area contributed by atoms with Gasteiger partial charge in [-0.15, -0.1) is 0 Å². The number of nitro groups is 1. The zero-order valence-corrected chi connectivity index (χ0v) is 10.0. The van der Waals surface area contributed by atoms with Crippen molar-refractivity contribution in [1.29, 1.82) is 0 Å². The molecule has 0 amide bonds. The summed E-state index contributed by atoms with van der Waals surface area (Å²) in [4.78, 5) is 24.4. The molecule has 0 saturated heterocycles. The van der Waals surface area contributed by atoms with Crippen molar-refractivity contribution in [1.82, 2.24) is 4.98 Å². The molecule has 1 aromatic rings. The van der Waals surface area contributed by atoms with E-state index in [9.17, 15) is 14.9 Å². The second kappa shape index (κ2) is 4.86. The van der Waals surface area contributed by atoms with Gasteiger partial charge in [0.25, 0.3) is 0 Å². The molecule has 0 aromatic carbocycles. The van der Waals surface area contributed by atoms with Gasteiger partial charge >= 0.3 is 11.7 Å². The van der Waals surface area contributed by atoms with Gasteiger partial charge in [0.2, 0.25) is 5.82 Å². The van der Waals surface area contributed by atoms with E-state index in [2.05, 4.69) is 10.3 Å². The topological polar surface area (TPSA) is 131 Å². The van der Waals surface area contributed by atoms with Crippen LogP contribution in [0.2, 0.25) is 0 Å². The van der Waals surface area contributed by atoms with Gasteiger partial charge in [-0.2, -0.15) is 0 Å². The lowest BCUT2D eigenvalue weighted by Crippen LogP contribution is -2.34. The average Bonchev–Trinajstić information content (AvgIpc) is 2.13. The van der Waals surface area contributed by atoms with E-state index in [1.807, 2.05) is 0 Å². The Morgan fingerprint density at radius 1 is 1.61 bits per heavy atom. The van der Waals surface area contributed by atoms with Crippen LogP contribution in [0, 0.1) is 10.1 Å². The van der Waals surface area contributed by atoms with Crippen molar-refractivity contribution in [3.8, 4) is 0 Å². The summed E-state index contributed by atoms with van der Waals surface area (Å²) in [6.45, 7) is 3.36. The van der Waals surface area contributed by atoms with Crippen LogP contribution in [0.3, 0.4) is 0 Å². The number of carbonyl (C=O) groups is 1. The summed E-state index contributed by atoms with van der Waals surface area (Å²) in [6.07, 6.45) is -0.119. The minimum absolute atomic E-state index is 0.119. The number of nitrogens with zero attached hydrogens (tertiary/aromatic N) is 2. The van der Waals surface area contributed by atoms with Gasteiger partial charge in [-0.1, -0.05) is 0 Å². The molecule has 0 radical (unpaired) electrons. The third kappa shape index (κ3) is 3.58. The van der Waals surface area contributed by atoms with Gasteiger partial charge in [-0.3, -0.25) is 14.9 Å². The summed E-state index contributed by atoms with van der Waals surface area (Å²) in [6, 6.07) is 2.61. The normalized spacial score (nSPS) is 11.0. The van der Waals surface area contributed by atoms with Crippen molar-refractivity contribution >= 4 is 23.3 Å². The molecule has 1 rings (SSSR count). The summed E-state index contributed by atoms with van der Waals surface area (Å²) in [5, 5.41) is 22.1.